The molecular weight excluding hydrogens is 244 g/mol. The smallest absolute Gasteiger partial charge is 0.0732 e. The standard InChI is InChI=1S/C10H15BrN2O/c1-12-3-2-4-14-8-9-5-10(11)7-13-6-9/h5-7,12H,2-4,8H2,1H3. The molecule has 0 spiro atoms. The Morgan fingerprint density at radius 2 is 2.36 bits per heavy atom. The summed E-state index contributed by atoms with van der Waals surface area (Å²) < 4.78 is 6.47. The molecule has 0 aliphatic rings. The lowest BCUT2D eigenvalue weighted by molar-refractivity contribution is 0.118. The molecule has 3 nitrogen and oxygen atoms in total. The number of pyridine rings is 1. The molecule has 4 heteroatoms. The average Bonchev–Trinajstić information content (AvgIpc) is 2.18. The van der Waals surface area contributed by atoms with Crippen molar-refractivity contribution in [2.24, 2.45) is 0 Å². The highest BCUT2D eigenvalue weighted by Gasteiger charge is 1.94. The van der Waals surface area contributed by atoms with E-state index in [1.807, 2.05) is 19.3 Å². The fourth-order valence-corrected chi connectivity index (χ4v) is 1.49. The molecule has 0 saturated heterocycles. The number of hydrogen-bond donors (Lipinski definition) is 1. The van der Waals surface area contributed by atoms with Crippen LogP contribution in [-0.4, -0.2) is 25.2 Å². The molecule has 0 bridgehead atoms. The fraction of sp³-hybridized carbons (Fsp3) is 0.500. The van der Waals surface area contributed by atoms with E-state index in [-0.39, 0.29) is 0 Å². The molecule has 78 valence electrons. The summed E-state index contributed by atoms with van der Waals surface area (Å²) in [4.78, 5) is 4.06. The molecule has 0 aliphatic carbocycles. The molecule has 1 heterocycles. The predicted molar refractivity (Wildman–Crippen MR) is 60.1 cm³/mol. The second kappa shape index (κ2) is 6.92. The Morgan fingerprint density at radius 3 is 3.07 bits per heavy atom. The Hall–Kier alpha value is -0.450. The van der Waals surface area contributed by atoms with Crippen molar-refractivity contribution < 1.29 is 4.74 Å². The Labute approximate surface area is 93.0 Å². The predicted octanol–water partition coefficient (Wildman–Crippen LogP) is 1.97. The van der Waals surface area contributed by atoms with Crippen LogP contribution < -0.4 is 5.32 Å². The van der Waals surface area contributed by atoms with Gasteiger partial charge in [0, 0.05) is 23.5 Å². The average molecular weight is 259 g/mol. The summed E-state index contributed by atoms with van der Waals surface area (Å²) >= 11 is 3.37. The van der Waals surface area contributed by atoms with E-state index >= 15 is 0 Å². The van der Waals surface area contributed by atoms with Crippen LogP contribution in [0.5, 0.6) is 0 Å². The lowest BCUT2D eigenvalue weighted by atomic mass is 10.3. The van der Waals surface area contributed by atoms with E-state index in [0.717, 1.165) is 29.6 Å². The minimum absolute atomic E-state index is 0.635. The van der Waals surface area contributed by atoms with Crippen LogP contribution in [0.4, 0.5) is 0 Å². The van der Waals surface area contributed by atoms with Crippen molar-refractivity contribution in [3.8, 4) is 0 Å². The minimum atomic E-state index is 0.635. The maximum atomic E-state index is 5.48. The maximum Gasteiger partial charge on any atom is 0.0732 e. The number of hydrogen-bond acceptors (Lipinski definition) is 3. The third-order valence-corrected chi connectivity index (χ3v) is 2.18. The van der Waals surface area contributed by atoms with Gasteiger partial charge in [0.15, 0.2) is 0 Å². The largest absolute Gasteiger partial charge is 0.377 e. The lowest BCUT2D eigenvalue weighted by Gasteiger charge is -2.03. The highest BCUT2D eigenvalue weighted by atomic mass is 79.9. The highest BCUT2D eigenvalue weighted by molar-refractivity contribution is 9.10. The van der Waals surface area contributed by atoms with Crippen LogP contribution in [0.25, 0.3) is 0 Å². The Balaban J connectivity index is 2.18. The topological polar surface area (TPSA) is 34.1 Å². The summed E-state index contributed by atoms with van der Waals surface area (Å²) in [5, 5.41) is 3.08. The molecular formula is C10H15BrN2O. The van der Waals surface area contributed by atoms with Gasteiger partial charge in [-0.05, 0) is 47.6 Å². The number of ether oxygens (including phenoxy) is 1. The van der Waals surface area contributed by atoms with Crippen molar-refractivity contribution in [3.63, 3.8) is 0 Å². The fourth-order valence-electron chi connectivity index (χ4n) is 1.08. The summed E-state index contributed by atoms with van der Waals surface area (Å²) in [5.41, 5.74) is 1.10. The van der Waals surface area contributed by atoms with Crippen LogP contribution in [0.2, 0.25) is 0 Å². The van der Waals surface area contributed by atoms with Crippen molar-refractivity contribution >= 4 is 15.9 Å². The number of nitrogens with one attached hydrogen (secondary N) is 1. The van der Waals surface area contributed by atoms with Crippen molar-refractivity contribution in [1.29, 1.82) is 0 Å². The first-order chi connectivity index (χ1) is 6.83. The summed E-state index contributed by atoms with van der Waals surface area (Å²) in [6.07, 6.45) is 4.63. The quantitative estimate of drug-likeness (QED) is 0.793. The van der Waals surface area contributed by atoms with Crippen LogP contribution in [0.3, 0.4) is 0 Å². The number of rotatable bonds is 6. The van der Waals surface area contributed by atoms with Crippen LogP contribution in [0.15, 0.2) is 22.9 Å². The van der Waals surface area contributed by atoms with Gasteiger partial charge in [-0.1, -0.05) is 0 Å². The van der Waals surface area contributed by atoms with Gasteiger partial charge in [-0.3, -0.25) is 4.98 Å². The monoisotopic (exact) mass is 258 g/mol. The first-order valence-corrected chi connectivity index (χ1v) is 5.44. The molecule has 1 aromatic rings. The molecule has 1 aromatic heterocycles. The second-order valence-electron chi connectivity index (χ2n) is 3.02. The van der Waals surface area contributed by atoms with Gasteiger partial charge in [0.1, 0.15) is 0 Å². The summed E-state index contributed by atoms with van der Waals surface area (Å²) in [7, 11) is 1.94. The van der Waals surface area contributed by atoms with Gasteiger partial charge in [0.25, 0.3) is 0 Å². The van der Waals surface area contributed by atoms with Crippen molar-refractivity contribution in [1.82, 2.24) is 10.3 Å². The van der Waals surface area contributed by atoms with Crippen LogP contribution in [0.1, 0.15) is 12.0 Å². The van der Waals surface area contributed by atoms with Gasteiger partial charge < -0.3 is 10.1 Å². The number of halogens is 1. The highest BCUT2D eigenvalue weighted by Crippen LogP contribution is 2.10. The van der Waals surface area contributed by atoms with E-state index in [1.54, 1.807) is 6.20 Å². The Morgan fingerprint density at radius 1 is 1.50 bits per heavy atom. The third kappa shape index (κ3) is 4.69. The molecule has 0 amide bonds. The van der Waals surface area contributed by atoms with Crippen LogP contribution >= 0.6 is 15.9 Å². The SMILES string of the molecule is CNCCCOCc1cncc(Br)c1. The molecule has 0 unspecified atom stereocenters. The lowest BCUT2D eigenvalue weighted by Crippen LogP contribution is -2.10. The normalized spacial score (nSPS) is 10.4. The van der Waals surface area contributed by atoms with Crippen molar-refractivity contribution in [2.45, 2.75) is 13.0 Å². The second-order valence-corrected chi connectivity index (χ2v) is 3.94. The van der Waals surface area contributed by atoms with Gasteiger partial charge in [-0.15, -0.1) is 0 Å². The number of aromatic nitrogens is 1. The first kappa shape index (κ1) is 11.6. The molecule has 14 heavy (non-hydrogen) atoms. The molecule has 1 N–H and O–H groups in total. The number of nitrogens with zero attached hydrogens (tertiary/aromatic N) is 1. The van der Waals surface area contributed by atoms with E-state index in [9.17, 15) is 0 Å². The summed E-state index contributed by atoms with van der Waals surface area (Å²) in [6.45, 7) is 2.42. The van der Waals surface area contributed by atoms with Crippen LogP contribution in [0, 0.1) is 0 Å². The summed E-state index contributed by atoms with van der Waals surface area (Å²) in [6, 6.07) is 2.02. The zero-order chi connectivity index (χ0) is 10.2. The van der Waals surface area contributed by atoms with Gasteiger partial charge >= 0.3 is 0 Å². The van der Waals surface area contributed by atoms with Gasteiger partial charge in [-0.2, -0.15) is 0 Å². The van der Waals surface area contributed by atoms with E-state index in [2.05, 4.69) is 26.2 Å². The molecule has 0 saturated carbocycles. The zero-order valence-electron chi connectivity index (χ0n) is 8.29. The summed E-state index contributed by atoms with van der Waals surface area (Å²) in [5.74, 6) is 0. The molecule has 0 fully saturated rings. The minimum Gasteiger partial charge on any atom is -0.377 e. The van der Waals surface area contributed by atoms with E-state index in [1.165, 1.54) is 0 Å². The molecule has 1 rings (SSSR count). The maximum absolute atomic E-state index is 5.48. The molecule has 0 atom stereocenters. The Kier molecular flexibility index (Phi) is 5.75. The Bertz CT molecular complexity index is 268. The zero-order valence-corrected chi connectivity index (χ0v) is 9.88. The van der Waals surface area contributed by atoms with Crippen molar-refractivity contribution in [3.05, 3.63) is 28.5 Å². The molecule has 0 aromatic carbocycles. The van der Waals surface area contributed by atoms with E-state index in [0.29, 0.717) is 6.61 Å². The third-order valence-electron chi connectivity index (χ3n) is 1.75. The van der Waals surface area contributed by atoms with Gasteiger partial charge in [0.05, 0.1) is 6.61 Å². The first-order valence-electron chi connectivity index (χ1n) is 4.64. The molecule has 0 radical (unpaired) electrons. The van der Waals surface area contributed by atoms with Gasteiger partial charge in [-0.25, -0.2) is 0 Å². The van der Waals surface area contributed by atoms with E-state index < -0.39 is 0 Å². The molecule has 0 aliphatic heterocycles. The van der Waals surface area contributed by atoms with Crippen molar-refractivity contribution in [2.75, 3.05) is 20.2 Å². The van der Waals surface area contributed by atoms with Crippen LogP contribution in [-0.2, 0) is 11.3 Å². The van der Waals surface area contributed by atoms with Gasteiger partial charge in [0.2, 0.25) is 0 Å². The van der Waals surface area contributed by atoms with E-state index in [4.69, 9.17) is 4.74 Å².